The summed E-state index contributed by atoms with van der Waals surface area (Å²) < 4.78 is 4.03. The number of rotatable bonds is 6. The molecule has 32 heavy (non-hydrogen) atoms. The summed E-state index contributed by atoms with van der Waals surface area (Å²) in [6.45, 7) is 2.46. The first kappa shape index (κ1) is 21.4. The SMILES string of the molecule is Cc1nn(CC(=O)Nc2nn(Cc3ccc(Cl)cc3Cl)cc2Br)c2nccc(C3CC3)c12. The van der Waals surface area contributed by atoms with Crippen molar-refractivity contribution < 1.29 is 4.79 Å². The van der Waals surface area contributed by atoms with Crippen molar-refractivity contribution in [2.75, 3.05) is 5.32 Å². The highest BCUT2D eigenvalue weighted by Gasteiger charge is 2.27. The highest BCUT2D eigenvalue weighted by atomic mass is 79.9. The number of amides is 1. The molecule has 3 aromatic heterocycles. The molecule has 0 radical (unpaired) electrons. The lowest BCUT2D eigenvalue weighted by molar-refractivity contribution is -0.116. The molecule has 4 aromatic rings. The highest BCUT2D eigenvalue weighted by molar-refractivity contribution is 9.10. The van der Waals surface area contributed by atoms with Crippen molar-refractivity contribution in [2.24, 2.45) is 0 Å². The second-order valence-corrected chi connectivity index (χ2v) is 9.62. The first-order valence-corrected chi connectivity index (χ1v) is 11.7. The summed E-state index contributed by atoms with van der Waals surface area (Å²) in [5.41, 5.74) is 3.79. The Morgan fingerprint density at radius 2 is 2.06 bits per heavy atom. The number of aromatic nitrogens is 5. The Balaban J connectivity index is 1.32. The smallest absolute Gasteiger partial charge is 0.247 e. The van der Waals surface area contributed by atoms with Gasteiger partial charge in [-0.05, 0) is 70.9 Å². The normalized spacial score (nSPS) is 13.6. The van der Waals surface area contributed by atoms with Gasteiger partial charge in [-0.25, -0.2) is 9.67 Å². The van der Waals surface area contributed by atoms with Gasteiger partial charge in [-0.1, -0.05) is 29.3 Å². The van der Waals surface area contributed by atoms with Crippen molar-refractivity contribution in [2.45, 2.75) is 38.8 Å². The summed E-state index contributed by atoms with van der Waals surface area (Å²) in [4.78, 5) is 17.3. The van der Waals surface area contributed by atoms with Crippen LogP contribution in [0.15, 0.2) is 41.1 Å². The molecule has 1 N–H and O–H groups in total. The molecule has 5 rings (SSSR count). The summed E-state index contributed by atoms with van der Waals surface area (Å²) in [5, 5.41) is 14.1. The zero-order valence-corrected chi connectivity index (χ0v) is 20.2. The van der Waals surface area contributed by atoms with E-state index in [1.54, 1.807) is 33.9 Å². The van der Waals surface area contributed by atoms with Gasteiger partial charge in [-0.15, -0.1) is 0 Å². The van der Waals surface area contributed by atoms with Gasteiger partial charge in [0.25, 0.3) is 0 Å². The summed E-state index contributed by atoms with van der Waals surface area (Å²) >= 11 is 15.7. The van der Waals surface area contributed by atoms with E-state index in [9.17, 15) is 4.79 Å². The Bertz CT molecular complexity index is 1340. The molecule has 7 nitrogen and oxygen atoms in total. The topological polar surface area (TPSA) is 77.6 Å². The summed E-state index contributed by atoms with van der Waals surface area (Å²) in [5.74, 6) is 0.781. The van der Waals surface area contributed by atoms with Gasteiger partial charge in [-0.2, -0.15) is 10.2 Å². The van der Waals surface area contributed by atoms with E-state index in [2.05, 4.69) is 42.5 Å². The number of aryl methyl sites for hydroxylation is 1. The molecule has 0 atom stereocenters. The number of carbonyl (C=O) groups is 1. The van der Waals surface area contributed by atoms with E-state index in [1.807, 2.05) is 13.0 Å². The molecule has 3 heterocycles. The van der Waals surface area contributed by atoms with Gasteiger partial charge in [0.15, 0.2) is 11.5 Å². The molecule has 1 aromatic carbocycles. The van der Waals surface area contributed by atoms with E-state index in [4.69, 9.17) is 23.2 Å². The number of fused-ring (bicyclic) bond motifs is 1. The zero-order valence-electron chi connectivity index (χ0n) is 17.1. The minimum absolute atomic E-state index is 0.0494. The number of nitrogens with one attached hydrogen (secondary N) is 1. The number of nitrogens with zero attached hydrogens (tertiary/aromatic N) is 5. The minimum atomic E-state index is -0.233. The van der Waals surface area contributed by atoms with E-state index in [-0.39, 0.29) is 12.5 Å². The van der Waals surface area contributed by atoms with Gasteiger partial charge >= 0.3 is 0 Å². The van der Waals surface area contributed by atoms with Crippen LogP contribution in [-0.4, -0.2) is 30.5 Å². The van der Waals surface area contributed by atoms with Crippen LogP contribution in [-0.2, 0) is 17.9 Å². The third kappa shape index (κ3) is 4.27. The van der Waals surface area contributed by atoms with Crippen LogP contribution in [0.25, 0.3) is 11.0 Å². The molecule has 1 fully saturated rings. The molecule has 164 valence electrons. The Morgan fingerprint density at radius 3 is 2.81 bits per heavy atom. The average Bonchev–Trinajstić information content (AvgIpc) is 3.47. The van der Waals surface area contributed by atoms with E-state index >= 15 is 0 Å². The van der Waals surface area contributed by atoms with Gasteiger partial charge in [0.05, 0.1) is 16.7 Å². The number of halogens is 3. The van der Waals surface area contributed by atoms with Crippen molar-refractivity contribution in [3.63, 3.8) is 0 Å². The second kappa shape index (κ2) is 8.50. The largest absolute Gasteiger partial charge is 0.307 e. The van der Waals surface area contributed by atoms with Crippen LogP contribution in [0.5, 0.6) is 0 Å². The fraction of sp³-hybridized carbons (Fsp3) is 0.273. The van der Waals surface area contributed by atoms with Crippen LogP contribution < -0.4 is 5.32 Å². The highest BCUT2D eigenvalue weighted by Crippen LogP contribution is 2.43. The molecule has 1 aliphatic carbocycles. The third-order valence-corrected chi connectivity index (χ3v) is 6.64. The standard InChI is InChI=1S/C22H19BrCl2N6O/c1-12-20-16(13-2-3-13)6-7-26-22(20)31(28-12)11-19(32)27-21-17(23)10-30(29-21)9-14-4-5-15(24)8-18(14)25/h4-8,10,13H,2-3,9,11H2,1H3,(H,27,29,32). The lowest BCUT2D eigenvalue weighted by Gasteiger charge is -2.06. The van der Waals surface area contributed by atoms with Crippen molar-refractivity contribution >= 4 is 61.9 Å². The van der Waals surface area contributed by atoms with Gasteiger partial charge in [0.2, 0.25) is 5.91 Å². The molecular weight excluding hydrogens is 515 g/mol. The molecule has 0 aliphatic heterocycles. The van der Waals surface area contributed by atoms with Crippen molar-refractivity contribution in [1.29, 1.82) is 0 Å². The van der Waals surface area contributed by atoms with Crippen molar-refractivity contribution in [3.05, 3.63) is 68.0 Å². The Kier molecular flexibility index (Phi) is 5.69. The van der Waals surface area contributed by atoms with E-state index in [0.717, 1.165) is 22.3 Å². The number of benzene rings is 1. The maximum atomic E-state index is 12.8. The van der Waals surface area contributed by atoms with Crippen LogP contribution in [0.3, 0.4) is 0 Å². The summed E-state index contributed by atoms with van der Waals surface area (Å²) in [6.07, 6.45) is 5.98. The van der Waals surface area contributed by atoms with Crippen LogP contribution in [0, 0.1) is 6.92 Å². The molecule has 0 spiro atoms. The van der Waals surface area contributed by atoms with Crippen molar-refractivity contribution in [3.8, 4) is 0 Å². The van der Waals surface area contributed by atoms with E-state index in [0.29, 0.717) is 32.8 Å². The lowest BCUT2D eigenvalue weighted by Crippen LogP contribution is -2.20. The van der Waals surface area contributed by atoms with Crippen LogP contribution in [0.4, 0.5) is 5.82 Å². The molecule has 1 aliphatic rings. The third-order valence-electron chi connectivity index (χ3n) is 5.47. The Morgan fingerprint density at radius 1 is 1.25 bits per heavy atom. The van der Waals surface area contributed by atoms with Gasteiger partial charge in [0.1, 0.15) is 6.54 Å². The molecule has 10 heteroatoms. The number of anilines is 1. The molecule has 0 unspecified atom stereocenters. The fourth-order valence-electron chi connectivity index (χ4n) is 3.85. The van der Waals surface area contributed by atoms with Gasteiger partial charge < -0.3 is 5.32 Å². The molecule has 1 amide bonds. The second-order valence-electron chi connectivity index (χ2n) is 7.92. The minimum Gasteiger partial charge on any atom is -0.307 e. The van der Waals surface area contributed by atoms with E-state index in [1.165, 1.54) is 18.4 Å². The van der Waals surface area contributed by atoms with Crippen molar-refractivity contribution in [1.82, 2.24) is 24.5 Å². The first-order valence-electron chi connectivity index (χ1n) is 10.2. The van der Waals surface area contributed by atoms with Crippen LogP contribution >= 0.6 is 39.1 Å². The molecular formula is C22H19BrCl2N6O. The Hall–Kier alpha value is -2.42. The summed E-state index contributed by atoms with van der Waals surface area (Å²) in [6, 6.07) is 7.39. The zero-order chi connectivity index (χ0) is 22.4. The maximum absolute atomic E-state index is 12.8. The van der Waals surface area contributed by atoms with Crippen LogP contribution in [0.1, 0.15) is 35.6 Å². The lowest BCUT2D eigenvalue weighted by atomic mass is 10.1. The van der Waals surface area contributed by atoms with Gasteiger partial charge in [0, 0.05) is 27.8 Å². The molecule has 0 saturated heterocycles. The monoisotopic (exact) mass is 532 g/mol. The van der Waals surface area contributed by atoms with Gasteiger partial charge in [-0.3, -0.25) is 9.48 Å². The maximum Gasteiger partial charge on any atom is 0.247 e. The Labute approximate surface area is 202 Å². The number of hydrogen-bond donors (Lipinski definition) is 1. The number of hydrogen-bond acceptors (Lipinski definition) is 4. The number of pyridine rings is 1. The quantitative estimate of drug-likeness (QED) is 0.351. The summed E-state index contributed by atoms with van der Waals surface area (Å²) in [7, 11) is 0. The predicted molar refractivity (Wildman–Crippen MR) is 128 cm³/mol. The first-order chi connectivity index (χ1) is 15.4. The molecule has 1 saturated carbocycles. The fourth-order valence-corrected chi connectivity index (χ4v) is 4.73. The molecule has 0 bridgehead atoms. The average molecular weight is 534 g/mol. The van der Waals surface area contributed by atoms with Crippen LogP contribution in [0.2, 0.25) is 10.0 Å². The van der Waals surface area contributed by atoms with E-state index < -0.39 is 0 Å². The number of carbonyl (C=O) groups excluding carboxylic acids is 1. The predicted octanol–water partition coefficient (Wildman–Crippen LogP) is 5.57.